The predicted molar refractivity (Wildman–Crippen MR) is 76.2 cm³/mol. The van der Waals surface area contributed by atoms with Gasteiger partial charge in [0.1, 0.15) is 5.75 Å². The molecule has 20 heavy (non-hydrogen) atoms. The number of hydrogen-bond acceptors (Lipinski definition) is 4. The van der Waals surface area contributed by atoms with Crippen LogP contribution >= 0.6 is 0 Å². The molecule has 1 amide bonds. The minimum absolute atomic E-state index is 0.134. The number of anilines is 1. The number of ether oxygens (including phenoxy) is 1. The highest BCUT2D eigenvalue weighted by Crippen LogP contribution is 2.20. The normalized spacial score (nSPS) is 10.6. The second-order valence-corrected chi connectivity index (χ2v) is 4.63. The third-order valence-electron chi connectivity index (χ3n) is 2.77. The lowest BCUT2D eigenvalue weighted by Crippen LogP contribution is -2.13. The SMILES string of the molecule is CCOc1ccc(NC(=O)c2ocnc2C(C)C)cc1. The van der Waals surface area contributed by atoms with E-state index >= 15 is 0 Å². The van der Waals surface area contributed by atoms with Crippen molar-refractivity contribution >= 4 is 11.6 Å². The average Bonchev–Trinajstić information content (AvgIpc) is 2.91. The van der Waals surface area contributed by atoms with Gasteiger partial charge in [-0.2, -0.15) is 0 Å². The molecule has 0 unspecified atom stereocenters. The van der Waals surface area contributed by atoms with E-state index in [0.717, 1.165) is 5.75 Å². The number of amides is 1. The van der Waals surface area contributed by atoms with Crippen molar-refractivity contribution in [3.05, 3.63) is 42.1 Å². The highest BCUT2D eigenvalue weighted by atomic mass is 16.5. The summed E-state index contributed by atoms with van der Waals surface area (Å²) in [4.78, 5) is 16.2. The third kappa shape index (κ3) is 3.17. The number of carbonyl (C=O) groups excluding carboxylic acids is 1. The summed E-state index contributed by atoms with van der Waals surface area (Å²) in [6, 6.07) is 7.19. The molecule has 2 rings (SSSR count). The molecule has 0 aliphatic heterocycles. The van der Waals surface area contributed by atoms with Crippen LogP contribution < -0.4 is 10.1 Å². The largest absolute Gasteiger partial charge is 0.494 e. The molecule has 0 bridgehead atoms. The molecule has 0 atom stereocenters. The number of carbonyl (C=O) groups is 1. The van der Waals surface area contributed by atoms with Crippen molar-refractivity contribution in [2.45, 2.75) is 26.7 Å². The van der Waals surface area contributed by atoms with Gasteiger partial charge in [-0.25, -0.2) is 4.98 Å². The lowest BCUT2D eigenvalue weighted by atomic mass is 10.1. The van der Waals surface area contributed by atoms with Gasteiger partial charge in [-0.3, -0.25) is 4.79 Å². The predicted octanol–water partition coefficient (Wildman–Crippen LogP) is 3.45. The molecule has 0 spiro atoms. The van der Waals surface area contributed by atoms with Gasteiger partial charge in [-0.1, -0.05) is 13.8 Å². The summed E-state index contributed by atoms with van der Waals surface area (Å²) in [5, 5.41) is 2.78. The van der Waals surface area contributed by atoms with Crippen LogP contribution in [0.5, 0.6) is 5.75 Å². The molecular formula is C15H18N2O3. The van der Waals surface area contributed by atoms with Crippen LogP contribution in [0.25, 0.3) is 0 Å². The van der Waals surface area contributed by atoms with Crippen LogP contribution in [0.1, 0.15) is 42.9 Å². The van der Waals surface area contributed by atoms with Gasteiger partial charge in [-0.15, -0.1) is 0 Å². The van der Waals surface area contributed by atoms with Gasteiger partial charge in [0.2, 0.25) is 5.76 Å². The molecule has 0 fully saturated rings. The Morgan fingerprint density at radius 2 is 2.05 bits per heavy atom. The Labute approximate surface area is 118 Å². The van der Waals surface area contributed by atoms with Crippen molar-refractivity contribution in [1.29, 1.82) is 0 Å². The van der Waals surface area contributed by atoms with Crippen LogP contribution in [-0.4, -0.2) is 17.5 Å². The Hall–Kier alpha value is -2.30. The van der Waals surface area contributed by atoms with E-state index in [1.54, 1.807) is 12.1 Å². The first-order chi connectivity index (χ1) is 9.61. The van der Waals surface area contributed by atoms with Crippen molar-refractivity contribution in [1.82, 2.24) is 4.98 Å². The fraction of sp³-hybridized carbons (Fsp3) is 0.333. The van der Waals surface area contributed by atoms with Gasteiger partial charge in [0.25, 0.3) is 5.91 Å². The van der Waals surface area contributed by atoms with Gasteiger partial charge >= 0.3 is 0 Å². The smallest absolute Gasteiger partial charge is 0.293 e. The number of aromatic nitrogens is 1. The van der Waals surface area contributed by atoms with E-state index in [1.165, 1.54) is 6.39 Å². The Morgan fingerprint density at radius 1 is 1.35 bits per heavy atom. The number of hydrogen-bond donors (Lipinski definition) is 1. The zero-order valence-corrected chi connectivity index (χ0v) is 11.8. The Balaban J connectivity index is 2.09. The summed E-state index contributed by atoms with van der Waals surface area (Å²) in [5.74, 6) is 0.868. The second-order valence-electron chi connectivity index (χ2n) is 4.63. The highest BCUT2D eigenvalue weighted by molar-refractivity contribution is 6.03. The van der Waals surface area contributed by atoms with Gasteiger partial charge in [0.15, 0.2) is 6.39 Å². The summed E-state index contributed by atoms with van der Waals surface area (Å²) >= 11 is 0. The van der Waals surface area contributed by atoms with E-state index < -0.39 is 0 Å². The van der Waals surface area contributed by atoms with E-state index in [2.05, 4.69) is 10.3 Å². The lowest BCUT2D eigenvalue weighted by Gasteiger charge is -2.07. The van der Waals surface area contributed by atoms with Gasteiger partial charge in [-0.05, 0) is 37.1 Å². The zero-order chi connectivity index (χ0) is 14.5. The minimum Gasteiger partial charge on any atom is -0.494 e. The Bertz CT molecular complexity index is 573. The molecule has 0 radical (unpaired) electrons. The first-order valence-corrected chi connectivity index (χ1v) is 6.59. The van der Waals surface area contributed by atoms with Crippen LogP contribution in [0.4, 0.5) is 5.69 Å². The van der Waals surface area contributed by atoms with Crippen LogP contribution in [-0.2, 0) is 0 Å². The number of nitrogens with one attached hydrogen (secondary N) is 1. The van der Waals surface area contributed by atoms with Crippen molar-refractivity contribution in [3.63, 3.8) is 0 Å². The minimum atomic E-state index is -0.296. The molecule has 0 saturated carbocycles. The topological polar surface area (TPSA) is 64.4 Å². The monoisotopic (exact) mass is 274 g/mol. The van der Waals surface area contributed by atoms with Crippen molar-refractivity contribution in [2.24, 2.45) is 0 Å². The zero-order valence-electron chi connectivity index (χ0n) is 11.8. The molecular weight excluding hydrogens is 256 g/mol. The van der Waals surface area contributed by atoms with Crippen molar-refractivity contribution in [2.75, 3.05) is 11.9 Å². The van der Waals surface area contributed by atoms with Crippen molar-refractivity contribution < 1.29 is 13.9 Å². The molecule has 5 nitrogen and oxygen atoms in total. The molecule has 0 aliphatic carbocycles. The van der Waals surface area contributed by atoms with E-state index in [1.807, 2.05) is 32.9 Å². The summed E-state index contributed by atoms with van der Waals surface area (Å²) in [7, 11) is 0. The molecule has 0 saturated heterocycles. The Morgan fingerprint density at radius 3 is 2.65 bits per heavy atom. The summed E-state index contributed by atoms with van der Waals surface area (Å²) in [6.07, 6.45) is 1.29. The summed E-state index contributed by atoms with van der Waals surface area (Å²) in [6.45, 7) is 6.46. The molecule has 1 heterocycles. The maximum Gasteiger partial charge on any atom is 0.293 e. The van der Waals surface area contributed by atoms with Crippen molar-refractivity contribution in [3.8, 4) is 5.75 Å². The quantitative estimate of drug-likeness (QED) is 0.907. The molecule has 106 valence electrons. The van der Waals surface area contributed by atoms with E-state index in [0.29, 0.717) is 18.0 Å². The standard InChI is InChI=1S/C15H18N2O3/c1-4-19-12-7-5-11(6-8-12)17-15(18)14-13(10(2)3)16-9-20-14/h5-10H,4H2,1-3H3,(H,17,18). The van der Waals surface area contributed by atoms with E-state index in [-0.39, 0.29) is 17.6 Å². The molecule has 1 N–H and O–H groups in total. The average molecular weight is 274 g/mol. The maximum atomic E-state index is 12.1. The molecule has 1 aromatic carbocycles. The highest BCUT2D eigenvalue weighted by Gasteiger charge is 2.19. The number of benzene rings is 1. The molecule has 5 heteroatoms. The Kier molecular flexibility index (Phi) is 4.40. The van der Waals surface area contributed by atoms with Gasteiger partial charge < -0.3 is 14.5 Å². The lowest BCUT2D eigenvalue weighted by molar-refractivity contribution is 0.0995. The summed E-state index contributed by atoms with van der Waals surface area (Å²) < 4.78 is 10.5. The molecule has 2 aromatic rings. The molecule has 0 aliphatic rings. The number of oxazole rings is 1. The fourth-order valence-corrected chi connectivity index (χ4v) is 1.82. The van der Waals surface area contributed by atoms with Gasteiger partial charge in [0, 0.05) is 5.69 Å². The van der Waals surface area contributed by atoms with Crippen LogP contribution in [0.3, 0.4) is 0 Å². The van der Waals surface area contributed by atoms with Crippen LogP contribution in [0.15, 0.2) is 35.1 Å². The molecule has 1 aromatic heterocycles. The number of rotatable bonds is 5. The van der Waals surface area contributed by atoms with E-state index in [4.69, 9.17) is 9.15 Å². The van der Waals surface area contributed by atoms with E-state index in [9.17, 15) is 4.79 Å². The summed E-state index contributed by atoms with van der Waals surface area (Å²) in [5.41, 5.74) is 1.35. The first-order valence-electron chi connectivity index (χ1n) is 6.59. The maximum absolute atomic E-state index is 12.1. The number of nitrogens with zero attached hydrogens (tertiary/aromatic N) is 1. The van der Waals surface area contributed by atoms with Gasteiger partial charge in [0.05, 0.1) is 12.3 Å². The first kappa shape index (κ1) is 14.1. The third-order valence-corrected chi connectivity index (χ3v) is 2.77. The second kappa shape index (κ2) is 6.23. The van der Waals surface area contributed by atoms with Crippen LogP contribution in [0.2, 0.25) is 0 Å². The fourth-order valence-electron chi connectivity index (χ4n) is 1.82. The van der Waals surface area contributed by atoms with Crippen LogP contribution in [0, 0.1) is 0 Å².